The number of esters is 1. The monoisotopic (exact) mass is 359 g/mol. The quantitative estimate of drug-likeness (QED) is 0.398. The molecule has 1 saturated heterocycles. The molecule has 5 heteroatoms. The molecule has 1 amide bonds. The molecule has 0 radical (unpaired) electrons. The molecular formula is C20H25NO3S. The van der Waals surface area contributed by atoms with Crippen LogP contribution in [0.4, 0.5) is 0 Å². The van der Waals surface area contributed by atoms with E-state index in [9.17, 15) is 9.59 Å². The Morgan fingerprint density at radius 2 is 2.04 bits per heavy atom. The zero-order chi connectivity index (χ0) is 17.8. The van der Waals surface area contributed by atoms with Crippen molar-refractivity contribution < 1.29 is 14.3 Å². The zero-order valence-electron chi connectivity index (χ0n) is 14.9. The van der Waals surface area contributed by atoms with E-state index in [0.717, 1.165) is 41.9 Å². The highest BCUT2D eigenvalue weighted by Gasteiger charge is 2.54. The SMILES string of the molecule is CCCCSC1=C(C(=O)OCc2ccccc2)N2C(=O)C(CC)C2C1. The van der Waals surface area contributed by atoms with Gasteiger partial charge in [-0.1, -0.05) is 50.6 Å². The van der Waals surface area contributed by atoms with Crippen LogP contribution in [-0.4, -0.2) is 28.6 Å². The summed E-state index contributed by atoms with van der Waals surface area (Å²) < 4.78 is 5.51. The van der Waals surface area contributed by atoms with Crippen LogP contribution in [0.3, 0.4) is 0 Å². The molecule has 2 aliphatic heterocycles. The zero-order valence-corrected chi connectivity index (χ0v) is 15.7. The maximum absolute atomic E-state index is 12.7. The van der Waals surface area contributed by atoms with E-state index in [1.807, 2.05) is 37.3 Å². The van der Waals surface area contributed by atoms with Gasteiger partial charge in [0, 0.05) is 11.3 Å². The van der Waals surface area contributed by atoms with Crippen molar-refractivity contribution in [1.82, 2.24) is 4.90 Å². The minimum Gasteiger partial charge on any atom is -0.456 e. The maximum atomic E-state index is 12.7. The molecule has 3 rings (SSSR count). The van der Waals surface area contributed by atoms with Crippen LogP contribution in [0.25, 0.3) is 0 Å². The molecule has 2 aliphatic rings. The Kier molecular flexibility index (Phi) is 5.84. The van der Waals surface area contributed by atoms with Crippen LogP contribution in [0.15, 0.2) is 40.9 Å². The lowest BCUT2D eigenvalue weighted by molar-refractivity contribution is -0.157. The predicted molar refractivity (Wildman–Crippen MR) is 99.7 cm³/mol. The van der Waals surface area contributed by atoms with Crippen molar-refractivity contribution in [2.24, 2.45) is 5.92 Å². The summed E-state index contributed by atoms with van der Waals surface area (Å²) in [6, 6.07) is 9.79. The number of fused-ring (bicyclic) bond motifs is 1. The van der Waals surface area contributed by atoms with Crippen molar-refractivity contribution in [3.8, 4) is 0 Å². The van der Waals surface area contributed by atoms with Crippen LogP contribution in [0, 0.1) is 5.92 Å². The molecule has 0 N–H and O–H groups in total. The largest absolute Gasteiger partial charge is 0.456 e. The number of benzene rings is 1. The number of amides is 1. The van der Waals surface area contributed by atoms with Gasteiger partial charge in [0.2, 0.25) is 5.91 Å². The van der Waals surface area contributed by atoms with Crippen LogP contribution in [-0.2, 0) is 20.9 Å². The summed E-state index contributed by atoms with van der Waals surface area (Å²) in [6.45, 7) is 4.43. The highest BCUT2D eigenvalue weighted by Crippen LogP contribution is 2.47. The lowest BCUT2D eigenvalue weighted by atomic mass is 9.85. The van der Waals surface area contributed by atoms with Gasteiger partial charge in [-0.05, 0) is 24.2 Å². The minimum atomic E-state index is -0.367. The second kappa shape index (κ2) is 8.09. The Bertz CT molecular complexity index is 671. The highest BCUT2D eigenvalue weighted by molar-refractivity contribution is 8.03. The molecular weight excluding hydrogens is 334 g/mol. The summed E-state index contributed by atoms with van der Waals surface area (Å²) in [5.74, 6) is 0.743. The predicted octanol–water partition coefficient (Wildman–Crippen LogP) is 4.12. The van der Waals surface area contributed by atoms with E-state index in [4.69, 9.17) is 4.74 Å². The van der Waals surface area contributed by atoms with Crippen molar-refractivity contribution in [2.75, 3.05) is 5.75 Å². The number of ether oxygens (including phenoxy) is 1. The summed E-state index contributed by atoms with van der Waals surface area (Å²) in [7, 11) is 0. The van der Waals surface area contributed by atoms with E-state index in [1.165, 1.54) is 0 Å². The average molecular weight is 359 g/mol. The molecule has 4 nitrogen and oxygen atoms in total. The second-order valence-electron chi connectivity index (χ2n) is 6.53. The molecule has 0 bridgehead atoms. The lowest BCUT2D eigenvalue weighted by Crippen LogP contribution is -2.58. The summed E-state index contributed by atoms with van der Waals surface area (Å²) in [6.07, 6.45) is 3.86. The molecule has 1 fully saturated rings. The number of hydrogen-bond acceptors (Lipinski definition) is 4. The first-order valence-corrected chi connectivity index (χ1v) is 10.1. The van der Waals surface area contributed by atoms with Gasteiger partial charge in [-0.25, -0.2) is 4.79 Å². The van der Waals surface area contributed by atoms with Gasteiger partial charge in [0.15, 0.2) is 0 Å². The Hall–Kier alpha value is -1.75. The molecule has 25 heavy (non-hydrogen) atoms. The third-order valence-corrected chi connectivity index (χ3v) is 6.07. The van der Waals surface area contributed by atoms with Gasteiger partial charge >= 0.3 is 5.97 Å². The Morgan fingerprint density at radius 1 is 1.28 bits per heavy atom. The fraction of sp³-hybridized carbons (Fsp3) is 0.500. The van der Waals surface area contributed by atoms with Crippen LogP contribution in [0.2, 0.25) is 0 Å². The molecule has 0 aromatic heterocycles. The topological polar surface area (TPSA) is 46.6 Å². The standard InChI is InChI=1S/C20H25NO3S/c1-3-5-11-25-17-12-16-15(4-2)19(22)21(16)18(17)20(23)24-13-14-9-7-6-8-10-14/h6-10,15-16H,3-5,11-13H2,1-2H3. The lowest BCUT2D eigenvalue weighted by Gasteiger charge is -2.43. The van der Waals surface area contributed by atoms with E-state index in [-0.39, 0.29) is 30.4 Å². The first-order chi connectivity index (χ1) is 12.2. The Balaban J connectivity index is 1.72. The number of nitrogens with zero attached hydrogens (tertiary/aromatic N) is 1. The van der Waals surface area contributed by atoms with Crippen molar-refractivity contribution in [2.45, 2.75) is 52.2 Å². The van der Waals surface area contributed by atoms with Gasteiger partial charge < -0.3 is 9.64 Å². The number of carbonyl (C=O) groups is 2. The number of thioether (sulfide) groups is 1. The van der Waals surface area contributed by atoms with Gasteiger partial charge in [-0.15, -0.1) is 11.8 Å². The van der Waals surface area contributed by atoms with Crippen molar-refractivity contribution in [1.29, 1.82) is 0 Å². The fourth-order valence-corrected chi connectivity index (χ4v) is 4.74. The Labute approximate surface area is 153 Å². The molecule has 2 atom stereocenters. The molecule has 0 saturated carbocycles. The van der Waals surface area contributed by atoms with E-state index in [1.54, 1.807) is 16.7 Å². The Morgan fingerprint density at radius 3 is 2.72 bits per heavy atom. The smallest absolute Gasteiger partial charge is 0.356 e. The van der Waals surface area contributed by atoms with Gasteiger partial charge in [-0.2, -0.15) is 0 Å². The van der Waals surface area contributed by atoms with Crippen molar-refractivity contribution in [3.05, 3.63) is 46.5 Å². The minimum absolute atomic E-state index is 0.0567. The first kappa shape index (κ1) is 18.1. The summed E-state index contributed by atoms with van der Waals surface area (Å²) in [5.41, 5.74) is 1.45. The molecule has 1 aromatic carbocycles. The second-order valence-corrected chi connectivity index (χ2v) is 7.72. The van der Waals surface area contributed by atoms with Crippen LogP contribution in [0.1, 0.15) is 45.1 Å². The average Bonchev–Trinajstić information content (AvgIpc) is 2.96. The van der Waals surface area contributed by atoms with Crippen LogP contribution < -0.4 is 0 Å². The first-order valence-electron chi connectivity index (χ1n) is 9.07. The number of rotatable bonds is 8. The van der Waals surface area contributed by atoms with Gasteiger partial charge in [-0.3, -0.25) is 4.79 Å². The van der Waals surface area contributed by atoms with Crippen molar-refractivity contribution in [3.63, 3.8) is 0 Å². The molecule has 2 heterocycles. The normalized spacial score (nSPS) is 22.0. The third-order valence-electron chi connectivity index (χ3n) is 4.87. The molecule has 134 valence electrons. The number of hydrogen-bond donors (Lipinski definition) is 0. The third kappa shape index (κ3) is 3.61. The number of β-lactam (4-membered cyclic amide) rings is 1. The summed E-state index contributed by atoms with van der Waals surface area (Å²) in [5, 5.41) is 0. The van der Waals surface area contributed by atoms with E-state index in [2.05, 4.69) is 6.92 Å². The number of unbranched alkanes of at least 4 members (excludes halogenated alkanes) is 1. The van der Waals surface area contributed by atoms with Gasteiger partial charge in [0.25, 0.3) is 0 Å². The molecule has 0 aliphatic carbocycles. The highest BCUT2D eigenvalue weighted by atomic mass is 32.2. The van der Waals surface area contributed by atoms with Crippen LogP contribution >= 0.6 is 11.8 Å². The van der Waals surface area contributed by atoms with E-state index >= 15 is 0 Å². The molecule has 1 aromatic rings. The molecule has 2 unspecified atom stereocenters. The summed E-state index contributed by atoms with van der Waals surface area (Å²) in [4.78, 5) is 27.8. The van der Waals surface area contributed by atoms with Crippen LogP contribution in [0.5, 0.6) is 0 Å². The fourth-order valence-electron chi connectivity index (χ4n) is 3.45. The maximum Gasteiger partial charge on any atom is 0.356 e. The van der Waals surface area contributed by atoms with E-state index < -0.39 is 0 Å². The van der Waals surface area contributed by atoms with Gasteiger partial charge in [0.1, 0.15) is 12.3 Å². The molecule has 0 spiro atoms. The summed E-state index contributed by atoms with van der Waals surface area (Å²) >= 11 is 1.71. The van der Waals surface area contributed by atoms with E-state index in [0.29, 0.717) is 5.70 Å². The van der Waals surface area contributed by atoms with Crippen molar-refractivity contribution >= 4 is 23.6 Å². The van der Waals surface area contributed by atoms with Gasteiger partial charge in [0.05, 0.1) is 12.0 Å². The number of carbonyl (C=O) groups excluding carboxylic acids is 2.